The molecule has 4 aromatic rings. The number of aromatic amines is 1. The number of anilines is 1. The largest absolute Gasteiger partial charge is 0.393 e. The molecule has 7 nitrogen and oxygen atoms in total. The van der Waals surface area contributed by atoms with Crippen LogP contribution in [0.15, 0.2) is 60.8 Å². The fraction of sp³-hybridized carbons (Fsp3) is 0.367. The van der Waals surface area contributed by atoms with E-state index in [1.807, 2.05) is 30.3 Å². The Morgan fingerprint density at radius 3 is 2.50 bits per heavy atom. The van der Waals surface area contributed by atoms with Crippen molar-refractivity contribution in [3.8, 4) is 11.3 Å². The number of halogens is 1. The zero-order valence-electron chi connectivity index (χ0n) is 21.0. The number of carbonyl (C=O) groups excluding carboxylic acids is 1. The van der Waals surface area contributed by atoms with Crippen molar-refractivity contribution in [3.63, 3.8) is 0 Å². The molecular weight excluding hydrogens is 481 g/mol. The topological polar surface area (TPSA) is 94.1 Å². The lowest BCUT2D eigenvalue weighted by Gasteiger charge is -2.39. The van der Waals surface area contributed by atoms with Gasteiger partial charge in [0.05, 0.1) is 34.6 Å². The summed E-state index contributed by atoms with van der Waals surface area (Å²) in [6.45, 7) is 0. The molecular formula is C30H30FN5O2. The van der Waals surface area contributed by atoms with Crippen LogP contribution in [0.4, 0.5) is 10.1 Å². The van der Waals surface area contributed by atoms with Gasteiger partial charge in [-0.3, -0.25) is 14.9 Å². The van der Waals surface area contributed by atoms with E-state index in [9.17, 15) is 9.90 Å². The van der Waals surface area contributed by atoms with Gasteiger partial charge < -0.3 is 15.3 Å². The number of hydrogen-bond acceptors (Lipinski definition) is 5. The standard InChI is InChI=1S/C30H30FN5O2/c31-25-16-27-24(15-23(25)30(38)33-29(18-4-5-18)26-3-1-2-12-32-26)28(35-34-27)17-6-8-19(9-7-17)36-20-10-11-21(36)14-22(37)13-20/h1-3,6-9,12,15-16,18,20-22,29,37H,4-5,10-11,13-14H2,(H,33,38)(H,34,35)/t20?,21?,22?,29-/m0/s1. The monoisotopic (exact) mass is 511 g/mol. The molecule has 7 rings (SSSR count). The first-order valence-corrected chi connectivity index (χ1v) is 13.5. The smallest absolute Gasteiger partial charge is 0.254 e. The quantitative estimate of drug-likeness (QED) is 0.333. The lowest BCUT2D eigenvalue weighted by atomic mass is 9.98. The number of hydrogen-bond donors (Lipinski definition) is 3. The van der Waals surface area contributed by atoms with E-state index in [4.69, 9.17) is 0 Å². The van der Waals surface area contributed by atoms with Crippen LogP contribution in [-0.2, 0) is 0 Å². The van der Waals surface area contributed by atoms with E-state index >= 15 is 4.39 Å². The zero-order valence-corrected chi connectivity index (χ0v) is 21.0. The zero-order chi connectivity index (χ0) is 25.8. The molecule has 2 unspecified atom stereocenters. The van der Waals surface area contributed by atoms with Crippen LogP contribution in [0.1, 0.15) is 60.6 Å². The first-order valence-electron chi connectivity index (χ1n) is 13.5. The fourth-order valence-corrected chi connectivity index (χ4v) is 6.44. The maximum absolute atomic E-state index is 15.1. The van der Waals surface area contributed by atoms with Gasteiger partial charge in [-0.25, -0.2) is 4.39 Å². The van der Waals surface area contributed by atoms with Crippen molar-refractivity contribution in [2.45, 2.75) is 62.8 Å². The average Bonchev–Trinajstić information content (AvgIpc) is 3.63. The third-order valence-corrected chi connectivity index (χ3v) is 8.43. The Bertz CT molecular complexity index is 1470. The van der Waals surface area contributed by atoms with Gasteiger partial charge in [-0.05, 0) is 74.8 Å². The molecule has 3 N–H and O–H groups in total. The van der Waals surface area contributed by atoms with Gasteiger partial charge >= 0.3 is 0 Å². The van der Waals surface area contributed by atoms with Crippen molar-refractivity contribution in [2.24, 2.45) is 5.92 Å². The Morgan fingerprint density at radius 1 is 1.05 bits per heavy atom. The highest BCUT2D eigenvalue weighted by Gasteiger charge is 2.40. The Hall–Kier alpha value is -3.78. The summed E-state index contributed by atoms with van der Waals surface area (Å²) in [5, 5.41) is 21.3. The van der Waals surface area contributed by atoms with Crippen molar-refractivity contribution in [2.75, 3.05) is 4.90 Å². The second kappa shape index (κ2) is 9.20. The summed E-state index contributed by atoms with van der Waals surface area (Å²) < 4.78 is 15.1. The van der Waals surface area contributed by atoms with Crippen LogP contribution >= 0.6 is 0 Å². The van der Waals surface area contributed by atoms with E-state index < -0.39 is 11.7 Å². The maximum atomic E-state index is 15.1. The molecule has 38 heavy (non-hydrogen) atoms. The Morgan fingerprint density at radius 2 is 1.82 bits per heavy atom. The van der Waals surface area contributed by atoms with E-state index in [1.165, 1.54) is 6.07 Å². The summed E-state index contributed by atoms with van der Waals surface area (Å²) in [6.07, 6.45) is 7.42. The van der Waals surface area contributed by atoms with Crippen LogP contribution in [0.2, 0.25) is 0 Å². The summed E-state index contributed by atoms with van der Waals surface area (Å²) in [4.78, 5) is 20.1. The number of aromatic nitrogens is 3. The van der Waals surface area contributed by atoms with Crippen LogP contribution in [0.25, 0.3) is 22.2 Å². The van der Waals surface area contributed by atoms with Crippen molar-refractivity contribution in [1.29, 1.82) is 0 Å². The average molecular weight is 512 g/mol. The van der Waals surface area contributed by atoms with Gasteiger partial charge in [0.15, 0.2) is 0 Å². The highest BCUT2D eigenvalue weighted by atomic mass is 19.1. The van der Waals surface area contributed by atoms with Crippen molar-refractivity contribution in [1.82, 2.24) is 20.5 Å². The van der Waals surface area contributed by atoms with Gasteiger partial charge in [0.25, 0.3) is 5.91 Å². The number of nitrogens with one attached hydrogen (secondary N) is 2. The van der Waals surface area contributed by atoms with Gasteiger partial charge in [-0.1, -0.05) is 18.2 Å². The minimum atomic E-state index is -0.584. The number of nitrogens with zero attached hydrogens (tertiary/aromatic N) is 3. The number of H-pyrrole nitrogens is 1. The van der Waals surface area contributed by atoms with Crippen LogP contribution < -0.4 is 10.2 Å². The summed E-state index contributed by atoms with van der Waals surface area (Å²) in [5.74, 6) is -0.710. The van der Waals surface area contributed by atoms with E-state index in [1.54, 1.807) is 12.3 Å². The number of piperidine rings is 1. The third kappa shape index (κ3) is 4.13. The molecule has 1 saturated carbocycles. The number of carbonyl (C=O) groups is 1. The number of fused-ring (bicyclic) bond motifs is 3. The van der Waals surface area contributed by atoms with E-state index in [0.717, 1.165) is 55.5 Å². The maximum Gasteiger partial charge on any atom is 0.254 e. The molecule has 8 heteroatoms. The predicted molar refractivity (Wildman–Crippen MR) is 143 cm³/mol. The highest BCUT2D eigenvalue weighted by molar-refractivity contribution is 6.02. The van der Waals surface area contributed by atoms with Crippen LogP contribution in [0.5, 0.6) is 0 Å². The van der Waals surface area contributed by atoms with Crippen LogP contribution in [-0.4, -0.2) is 44.4 Å². The number of aliphatic hydroxyl groups is 1. The number of aliphatic hydroxyl groups excluding tert-OH is 1. The van der Waals surface area contributed by atoms with Crippen LogP contribution in [0, 0.1) is 11.7 Å². The molecule has 0 spiro atoms. The molecule has 1 aliphatic carbocycles. The molecule has 3 aliphatic rings. The number of amides is 1. The van der Waals surface area contributed by atoms with Crippen LogP contribution in [0.3, 0.4) is 0 Å². The van der Waals surface area contributed by atoms with Gasteiger partial charge in [0.2, 0.25) is 0 Å². The molecule has 194 valence electrons. The van der Waals surface area contributed by atoms with Gasteiger partial charge in [-0.2, -0.15) is 5.10 Å². The van der Waals surface area contributed by atoms with Gasteiger partial charge in [-0.15, -0.1) is 0 Å². The van der Waals surface area contributed by atoms with Gasteiger partial charge in [0.1, 0.15) is 5.82 Å². The SMILES string of the molecule is O=C(N[C@H](c1ccccn1)C1CC1)c1cc2c(-c3ccc(N4C5CCC4CC(O)C5)cc3)n[nH]c2cc1F. The number of benzene rings is 2. The molecule has 1 amide bonds. The Labute approximate surface area is 220 Å². The lowest BCUT2D eigenvalue weighted by molar-refractivity contribution is 0.0926. The summed E-state index contributed by atoms with van der Waals surface area (Å²) in [7, 11) is 0. The molecule has 2 saturated heterocycles. The third-order valence-electron chi connectivity index (χ3n) is 8.43. The van der Waals surface area contributed by atoms with E-state index in [-0.39, 0.29) is 17.7 Å². The number of pyridine rings is 1. The van der Waals surface area contributed by atoms with Crippen molar-refractivity contribution < 1.29 is 14.3 Å². The minimum absolute atomic E-state index is 0.00167. The van der Waals surface area contributed by atoms with E-state index in [2.05, 4.69) is 37.5 Å². The Balaban J connectivity index is 1.17. The van der Waals surface area contributed by atoms with Crippen molar-refractivity contribution in [3.05, 3.63) is 77.9 Å². The van der Waals surface area contributed by atoms with E-state index in [0.29, 0.717) is 34.6 Å². The molecule has 4 heterocycles. The molecule has 2 bridgehead atoms. The molecule has 2 aliphatic heterocycles. The molecule has 2 aromatic heterocycles. The number of rotatable bonds is 6. The second-order valence-corrected chi connectivity index (χ2v) is 11.0. The minimum Gasteiger partial charge on any atom is -0.393 e. The predicted octanol–water partition coefficient (Wildman–Crippen LogP) is 5.14. The lowest BCUT2D eigenvalue weighted by Crippen LogP contribution is -2.44. The Kier molecular flexibility index (Phi) is 5.65. The molecule has 3 fully saturated rings. The first kappa shape index (κ1) is 23.3. The molecule has 3 atom stereocenters. The summed E-state index contributed by atoms with van der Waals surface area (Å²) in [6, 6.07) is 17.4. The molecule has 0 radical (unpaired) electrons. The highest BCUT2D eigenvalue weighted by Crippen LogP contribution is 2.41. The summed E-state index contributed by atoms with van der Waals surface area (Å²) in [5.41, 5.74) is 4.07. The molecule has 2 aromatic carbocycles. The summed E-state index contributed by atoms with van der Waals surface area (Å²) >= 11 is 0. The second-order valence-electron chi connectivity index (χ2n) is 11.0. The van der Waals surface area contributed by atoms with Crippen molar-refractivity contribution >= 4 is 22.5 Å². The fourth-order valence-electron chi connectivity index (χ4n) is 6.44. The first-order chi connectivity index (χ1) is 18.5. The normalized spacial score (nSPS) is 23.5. The van der Waals surface area contributed by atoms with Gasteiger partial charge in [0, 0.05) is 41.0 Å².